The molecule has 1 fully saturated rings. The van der Waals surface area contributed by atoms with Gasteiger partial charge in [0, 0.05) is 24.7 Å². The summed E-state index contributed by atoms with van der Waals surface area (Å²) in [6.45, 7) is 9.39. The number of aliphatic hydroxyl groups excluding tert-OH is 1. The van der Waals surface area contributed by atoms with Crippen LogP contribution >= 0.6 is 0 Å². The van der Waals surface area contributed by atoms with Crippen LogP contribution in [0, 0.1) is 0 Å². The number of nitrogens with one attached hydrogen (secondary N) is 1. The molecule has 0 aromatic carbocycles. The molecule has 1 aliphatic rings. The largest absolute Gasteiger partial charge is 0.394 e. The summed E-state index contributed by atoms with van der Waals surface area (Å²) in [6.07, 6.45) is 1.28. The molecule has 0 radical (unpaired) electrons. The summed E-state index contributed by atoms with van der Waals surface area (Å²) in [4.78, 5) is 2.44. The van der Waals surface area contributed by atoms with Gasteiger partial charge in [-0.2, -0.15) is 0 Å². The number of aliphatic hydroxyl groups is 1. The van der Waals surface area contributed by atoms with E-state index in [4.69, 9.17) is 4.74 Å². The van der Waals surface area contributed by atoms with Crippen LogP contribution in [0.25, 0.3) is 0 Å². The Morgan fingerprint density at radius 1 is 1.62 bits per heavy atom. The minimum absolute atomic E-state index is 0.174. The van der Waals surface area contributed by atoms with Gasteiger partial charge in [-0.1, -0.05) is 0 Å². The highest BCUT2D eigenvalue weighted by atomic mass is 16.5. The van der Waals surface area contributed by atoms with E-state index in [0.717, 1.165) is 26.1 Å². The van der Waals surface area contributed by atoms with Gasteiger partial charge in [0.2, 0.25) is 0 Å². The lowest BCUT2D eigenvalue weighted by atomic mass is 9.93. The Labute approximate surface area is 99.0 Å². The van der Waals surface area contributed by atoms with Gasteiger partial charge in [0.25, 0.3) is 0 Å². The molecule has 3 atom stereocenters. The SMILES string of the molecule is CNC(C)(CO)CC(C)N1CCOC(C)C1. The van der Waals surface area contributed by atoms with Gasteiger partial charge >= 0.3 is 0 Å². The number of morpholine rings is 1. The summed E-state index contributed by atoms with van der Waals surface area (Å²) in [7, 11) is 1.91. The maximum Gasteiger partial charge on any atom is 0.0674 e. The fourth-order valence-corrected chi connectivity index (χ4v) is 2.27. The molecule has 1 rings (SSSR count). The zero-order chi connectivity index (χ0) is 12.2. The van der Waals surface area contributed by atoms with Crippen molar-refractivity contribution in [1.82, 2.24) is 10.2 Å². The number of ether oxygens (including phenoxy) is 1. The monoisotopic (exact) mass is 230 g/mol. The standard InChI is InChI=1S/C12H26N2O2/c1-10(7-12(3,9-15)13-4)14-5-6-16-11(2)8-14/h10-11,13,15H,5-9H2,1-4H3. The molecule has 96 valence electrons. The van der Waals surface area contributed by atoms with E-state index in [1.165, 1.54) is 0 Å². The van der Waals surface area contributed by atoms with E-state index in [-0.39, 0.29) is 12.1 Å². The molecular formula is C12H26N2O2. The maximum atomic E-state index is 9.38. The molecule has 4 nitrogen and oxygen atoms in total. The van der Waals surface area contributed by atoms with E-state index < -0.39 is 0 Å². The van der Waals surface area contributed by atoms with Gasteiger partial charge in [-0.3, -0.25) is 4.90 Å². The van der Waals surface area contributed by atoms with Gasteiger partial charge in [-0.15, -0.1) is 0 Å². The van der Waals surface area contributed by atoms with Gasteiger partial charge in [0.1, 0.15) is 0 Å². The lowest BCUT2D eigenvalue weighted by molar-refractivity contribution is -0.0371. The van der Waals surface area contributed by atoms with Crippen LogP contribution < -0.4 is 5.32 Å². The highest BCUT2D eigenvalue weighted by Crippen LogP contribution is 2.17. The van der Waals surface area contributed by atoms with Crippen molar-refractivity contribution in [3.8, 4) is 0 Å². The molecule has 0 aliphatic carbocycles. The molecule has 1 heterocycles. The third-order valence-electron chi connectivity index (χ3n) is 3.59. The zero-order valence-corrected chi connectivity index (χ0v) is 11.0. The maximum absolute atomic E-state index is 9.38. The molecule has 0 spiro atoms. The third-order valence-corrected chi connectivity index (χ3v) is 3.59. The number of rotatable bonds is 5. The first-order valence-corrected chi connectivity index (χ1v) is 6.16. The molecule has 16 heavy (non-hydrogen) atoms. The molecule has 0 aromatic heterocycles. The van der Waals surface area contributed by atoms with Crippen LogP contribution in [0.4, 0.5) is 0 Å². The lowest BCUT2D eigenvalue weighted by Gasteiger charge is -2.39. The number of hydrogen-bond donors (Lipinski definition) is 2. The first kappa shape index (κ1) is 13.9. The Balaban J connectivity index is 2.47. The van der Waals surface area contributed by atoms with E-state index in [1.54, 1.807) is 0 Å². The molecular weight excluding hydrogens is 204 g/mol. The molecule has 1 aliphatic heterocycles. The summed E-state index contributed by atoms with van der Waals surface area (Å²) in [5.41, 5.74) is -0.180. The molecule has 0 bridgehead atoms. The summed E-state index contributed by atoms with van der Waals surface area (Å²) in [6, 6.07) is 0.468. The van der Waals surface area contributed by atoms with Crippen molar-refractivity contribution in [2.24, 2.45) is 0 Å². The molecule has 4 heteroatoms. The fraction of sp³-hybridized carbons (Fsp3) is 1.00. The number of nitrogens with zero attached hydrogens (tertiary/aromatic N) is 1. The molecule has 0 aromatic rings. The Morgan fingerprint density at radius 2 is 2.31 bits per heavy atom. The van der Waals surface area contributed by atoms with Crippen molar-refractivity contribution in [3.63, 3.8) is 0 Å². The second-order valence-corrected chi connectivity index (χ2v) is 5.20. The quantitative estimate of drug-likeness (QED) is 0.720. The summed E-state index contributed by atoms with van der Waals surface area (Å²) < 4.78 is 5.53. The third kappa shape index (κ3) is 3.70. The van der Waals surface area contributed by atoms with Gasteiger partial charge in [-0.05, 0) is 34.2 Å². The predicted molar refractivity (Wildman–Crippen MR) is 65.6 cm³/mol. The van der Waals surface area contributed by atoms with Crippen LogP contribution in [0.3, 0.4) is 0 Å². The second-order valence-electron chi connectivity index (χ2n) is 5.20. The van der Waals surface area contributed by atoms with Crippen molar-refractivity contribution in [2.75, 3.05) is 33.4 Å². The van der Waals surface area contributed by atoms with Crippen LogP contribution in [0.1, 0.15) is 27.2 Å². The average Bonchev–Trinajstić information content (AvgIpc) is 2.29. The van der Waals surface area contributed by atoms with Crippen molar-refractivity contribution in [1.29, 1.82) is 0 Å². The topological polar surface area (TPSA) is 44.7 Å². The van der Waals surface area contributed by atoms with E-state index in [1.807, 2.05) is 7.05 Å². The number of likely N-dealkylation sites (N-methyl/N-ethyl adjacent to an activating group) is 1. The van der Waals surface area contributed by atoms with Crippen molar-refractivity contribution < 1.29 is 9.84 Å². The van der Waals surface area contributed by atoms with Gasteiger partial charge in [0.05, 0.1) is 19.3 Å². The number of hydrogen-bond acceptors (Lipinski definition) is 4. The van der Waals surface area contributed by atoms with Gasteiger partial charge < -0.3 is 15.2 Å². The molecule has 1 saturated heterocycles. The normalized spacial score (nSPS) is 28.7. The Hall–Kier alpha value is -0.160. The second kappa shape index (κ2) is 5.96. The van der Waals surface area contributed by atoms with Crippen LogP contribution in [0.5, 0.6) is 0 Å². The van der Waals surface area contributed by atoms with Crippen LogP contribution in [-0.4, -0.2) is 61.0 Å². The molecule has 0 saturated carbocycles. The molecule has 2 N–H and O–H groups in total. The fourth-order valence-electron chi connectivity index (χ4n) is 2.27. The van der Waals surface area contributed by atoms with Crippen LogP contribution in [0.15, 0.2) is 0 Å². The lowest BCUT2D eigenvalue weighted by Crippen LogP contribution is -2.52. The first-order valence-electron chi connectivity index (χ1n) is 6.16. The van der Waals surface area contributed by atoms with Gasteiger partial charge in [-0.25, -0.2) is 0 Å². The van der Waals surface area contributed by atoms with E-state index in [9.17, 15) is 5.11 Å². The van der Waals surface area contributed by atoms with Crippen molar-refractivity contribution in [3.05, 3.63) is 0 Å². The minimum Gasteiger partial charge on any atom is -0.394 e. The van der Waals surface area contributed by atoms with Crippen molar-refractivity contribution in [2.45, 2.75) is 44.9 Å². The van der Waals surface area contributed by atoms with E-state index in [2.05, 4.69) is 31.0 Å². The van der Waals surface area contributed by atoms with E-state index in [0.29, 0.717) is 12.1 Å². The molecule has 3 unspecified atom stereocenters. The Kier molecular flexibility index (Phi) is 5.18. The predicted octanol–water partition coefficient (Wildman–Crippen LogP) is 0.456. The highest BCUT2D eigenvalue weighted by Gasteiger charge is 2.28. The van der Waals surface area contributed by atoms with Crippen molar-refractivity contribution >= 4 is 0 Å². The minimum atomic E-state index is -0.180. The van der Waals surface area contributed by atoms with Crippen LogP contribution in [0.2, 0.25) is 0 Å². The smallest absolute Gasteiger partial charge is 0.0674 e. The Bertz CT molecular complexity index is 207. The van der Waals surface area contributed by atoms with E-state index >= 15 is 0 Å². The summed E-state index contributed by atoms with van der Waals surface area (Å²) in [5, 5.41) is 12.6. The Morgan fingerprint density at radius 3 is 2.81 bits per heavy atom. The highest BCUT2D eigenvalue weighted by molar-refractivity contribution is 4.87. The first-order chi connectivity index (χ1) is 7.50. The zero-order valence-electron chi connectivity index (χ0n) is 11.0. The molecule has 0 amide bonds. The summed E-state index contributed by atoms with van der Waals surface area (Å²) >= 11 is 0. The summed E-state index contributed by atoms with van der Waals surface area (Å²) in [5.74, 6) is 0. The van der Waals surface area contributed by atoms with Gasteiger partial charge in [0.15, 0.2) is 0 Å². The average molecular weight is 230 g/mol. The van der Waals surface area contributed by atoms with Crippen LogP contribution in [-0.2, 0) is 4.74 Å².